The number of fused-ring (bicyclic) bond motifs is 15. The summed E-state index contributed by atoms with van der Waals surface area (Å²) in [6, 6.07) is 34.2. The largest absolute Gasteiger partial charge is 0.311 e. The molecule has 3 nitrogen and oxygen atoms in total. The number of aromatic nitrogens is 2. The molecule has 0 amide bonds. The Labute approximate surface area is 361 Å². The molecule has 0 spiro atoms. The third-order valence-electron chi connectivity index (χ3n) is 14.0. The molecule has 10 aromatic rings. The van der Waals surface area contributed by atoms with Gasteiger partial charge in [0.25, 0.3) is 6.71 Å². The average Bonchev–Trinajstić information content (AvgIpc) is 4.00. The number of hydrogen-bond acceptors (Lipinski definition) is 3. The first kappa shape index (κ1) is 36.8. The Morgan fingerprint density at radius 2 is 1.00 bits per heavy atom. The molecule has 5 aromatic heterocycles. The Morgan fingerprint density at radius 3 is 1.62 bits per heavy atom. The average molecular weight is 818 g/mol. The van der Waals surface area contributed by atoms with Crippen molar-refractivity contribution in [3.63, 3.8) is 0 Å². The molecule has 5 aromatic carbocycles. The number of rotatable bonds is 1. The predicted molar refractivity (Wildman–Crippen MR) is 265 cm³/mol. The topological polar surface area (TPSA) is 12.6 Å². The van der Waals surface area contributed by atoms with Crippen LogP contribution in [-0.2, 0) is 21.7 Å². The monoisotopic (exact) mass is 817 g/mol. The molecule has 0 saturated carbocycles. The van der Waals surface area contributed by atoms with E-state index in [1.54, 1.807) is 0 Å². The predicted octanol–water partition coefficient (Wildman–Crippen LogP) is 13.9. The summed E-state index contributed by atoms with van der Waals surface area (Å²) in [4.78, 5) is 2.66. The quantitative estimate of drug-likeness (QED) is 0.150. The summed E-state index contributed by atoms with van der Waals surface area (Å²) in [5.41, 5.74) is 21.6. The van der Waals surface area contributed by atoms with Crippen LogP contribution in [-0.4, -0.2) is 15.7 Å². The standard InChI is InChI=1S/C54H52BN3S2/c1-51(2,3)29-13-17-33(18-14-29)56-39-20-16-31(53(7,8)9)27-36(39)55-37-28-32(54(10,11)12)26-35-34-25-30(52(4,5)6)15-19-38(34)58(45(35)37)48-43-46-42(47(56)44(48)55)49-40(21-23-59-49)57(46)41-22-24-60-50(41)43/h13-28H,1-12H3. The van der Waals surface area contributed by atoms with Crippen LogP contribution in [0.1, 0.15) is 105 Å². The summed E-state index contributed by atoms with van der Waals surface area (Å²) >= 11 is 3.80. The third-order valence-corrected chi connectivity index (χ3v) is 15.9. The van der Waals surface area contributed by atoms with Gasteiger partial charge in [0.05, 0.1) is 42.8 Å². The lowest BCUT2D eigenvalue weighted by molar-refractivity contribution is 0.590. The van der Waals surface area contributed by atoms with E-state index in [4.69, 9.17) is 0 Å². The van der Waals surface area contributed by atoms with E-state index in [1.807, 2.05) is 22.7 Å². The Balaban J connectivity index is 1.36. The van der Waals surface area contributed by atoms with Crippen LogP contribution in [0.15, 0.2) is 95.7 Å². The Hall–Kier alpha value is -5.04. The van der Waals surface area contributed by atoms with Crippen molar-refractivity contribution < 1.29 is 0 Å². The summed E-state index contributed by atoms with van der Waals surface area (Å²) in [6.07, 6.45) is 0. The van der Waals surface area contributed by atoms with Gasteiger partial charge in [-0.25, -0.2) is 0 Å². The van der Waals surface area contributed by atoms with Crippen molar-refractivity contribution in [3.05, 3.63) is 118 Å². The van der Waals surface area contributed by atoms with Crippen LogP contribution < -0.4 is 21.3 Å². The van der Waals surface area contributed by atoms with Crippen molar-refractivity contribution in [1.29, 1.82) is 0 Å². The second kappa shape index (κ2) is 11.5. The lowest BCUT2D eigenvalue weighted by Crippen LogP contribution is -2.61. The van der Waals surface area contributed by atoms with Gasteiger partial charge in [-0.15, -0.1) is 22.7 Å². The van der Waals surface area contributed by atoms with Crippen molar-refractivity contribution in [1.82, 2.24) is 8.97 Å². The van der Waals surface area contributed by atoms with Crippen molar-refractivity contribution in [2.45, 2.75) is 105 Å². The van der Waals surface area contributed by atoms with E-state index in [2.05, 4.69) is 193 Å². The number of benzene rings is 5. The SMILES string of the molecule is CC(C)(C)c1ccc(N2c3ccc(C(C)(C)C)cc3B3c4c2c2c5sccc5n5c6ccsc6c(c4-n4c6ccc(C(C)(C)C)cc6c6cc(C(C)(C)C)cc3c64)c25)cc1. The maximum atomic E-state index is 2.72. The molecule has 2 aliphatic heterocycles. The Kier molecular flexibility index (Phi) is 7.02. The molecule has 2 aliphatic rings. The summed E-state index contributed by atoms with van der Waals surface area (Å²) in [5.74, 6) is 0. The number of nitrogens with zero attached hydrogens (tertiary/aromatic N) is 3. The van der Waals surface area contributed by atoms with Gasteiger partial charge in [-0.2, -0.15) is 0 Å². The van der Waals surface area contributed by atoms with E-state index in [9.17, 15) is 0 Å². The van der Waals surface area contributed by atoms with Gasteiger partial charge < -0.3 is 13.9 Å². The summed E-state index contributed by atoms with van der Waals surface area (Å²) in [7, 11) is 0. The Bertz CT molecular complexity index is 3470. The fourth-order valence-electron chi connectivity index (χ4n) is 10.8. The van der Waals surface area contributed by atoms with Gasteiger partial charge in [-0.1, -0.05) is 119 Å². The molecule has 0 radical (unpaired) electrons. The lowest BCUT2D eigenvalue weighted by atomic mass is 9.33. The maximum absolute atomic E-state index is 2.72. The second-order valence-electron chi connectivity index (χ2n) is 21.9. The molecule has 6 heteroatoms. The third kappa shape index (κ3) is 4.67. The van der Waals surface area contributed by atoms with Crippen LogP contribution in [0.25, 0.3) is 64.2 Å². The van der Waals surface area contributed by atoms with E-state index in [1.165, 1.54) is 120 Å². The minimum absolute atomic E-state index is 0.0168. The highest BCUT2D eigenvalue weighted by Gasteiger charge is 2.46. The molecular weight excluding hydrogens is 766 g/mol. The van der Waals surface area contributed by atoms with Crippen LogP contribution in [0.5, 0.6) is 0 Å². The molecule has 0 N–H and O–H groups in total. The Morgan fingerprint density at radius 1 is 0.467 bits per heavy atom. The number of hydrogen-bond donors (Lipinski definition) is 0. The van der Waals surface area contributed by atoms with Crippen LogP contribution in [0.2, 0.25) is 0 Å². The highest BCUT2D eigenvalue weighted by molar-refractivity contribution is 7.19. The zero-order chi connectivity index (χ0) is 41.7. The summed E-state index contributed by atoms with van der Waals surface area (Å²) < 4.78 is 8.08. The van der Waals surface area contributed by atoms with Crippen LogP contribution in [0.3, 0.4) is 0 Å². The van der Waals surface area contributed by atoms with Crippen molar-refractivity contribution in [3.8, 4) is 5.69 Å². The molecule has 0 fully saturated rings. The highest BCUT2D eigenvalue weighted by Crippen LogP contribution is 2.54. The van der Waals surface area contributed by atoms with E-state index in [-0.39, 0.29) is 28.4 Å². The van der Waals surface area contributed by atoms with Crippen LogP contribution >= 0.6 is 22.7 Å². The molecule has 12 rings (SSSR count). The normalized spacial score (nSPS) is 14.6. The fourth-order valence-corrected chi connectivity index (χ4v) is 12.6. The molecule has 0 bridgehead atoms. The van der Waals surface area contributed by atoms with Gasteiger partial charge in [0, 0.05) is 38.4 Å². The van der Waals surface area contributed by atoms with Crippen molar-refractivity contribution in [2.75, 3.05) is 4.90 Å². The van der Waals surface area contributed by atoms with Crippen molar-refractivity contribution >= 4 is 121 Å². The van der Waals surface area contributed by atoms with Gasteiger partial charge in [-0.05, 0) is 120 Å². The smallest absolute Gasteiger partial charge is 0.252 e. The summed E-state index contributed by atoms with van der Waals surface area (Å²) in [6.45, 7) is 28.3. The van der Waals surface area contributed by atoms with Crippen LogP contribution in [0.4, 0.5) is 17.1 Å². The molecular formula is C54H52BN3S2. The van der Waals surface area contributed by atoms with E-state index >= 15 is 0 Å². The van der Waals surface area contributed by atoms with Gasteiger partial charge >= 0.3 is 0 Å². The molecule has 60 heavy (non-hydrogen) atoms. The van der Waals surface area contributed by atoms with Gasteiger partial charge in [0.2, 0.25) is 0 Å². The zero-order valence-electron chi connectivity index (χ0n) is 37.0. The molecule has 0 saturated heterocycles. The lowest BCUT2D eigenvalue weighted by Gasteiger charge is -2.42. The molecule has 7 heterocycles. The minimum atomic E-state index is -0.0420. The number of anilines is 3. The van der Waals surface area contributed by atoms with E-state index in [0.717, 1.165) is 0 Å². The zero-order valence-corrected chi connectivity index (χ0v) is 38.6. The molecule has 298 valence electrons. The van der Waals surface area contributed by atoms with Crippen LogP contribution in [0, 0.1) is 0 Å². The van der Waals surface area contributed by atoms with Gasteiger partial charge in [-0.3, -0.25) is 0 Å². The first-order valence-corrected chi connectivity index (χ1v) is 23.5. The minimum Gasteiger partial charge on any atom is -0.311 e. The van der Waals surface area contributed by atoms with E-state index < -0.39 is 0 Å². The first-order chi connectivity index (χ1) is 28.3. The molecule has 0 atom stereocenters. The van der Waals surface area contributed by atoms with Crippen molar-refractivity contribution in [2.24, 2.45) is 0 Å². The first-order valence-electron chi connectivity index (χ1n) is 21.7. The van der Waals surface area contributed by atoms with E-state index in [0.29, 0.717) is 0 Å². The van der Waals surface area contributed by atoms with Gasteiger partial charge in [0.1, 0.15) is 0 Å². The molecule has 0 unspecified atom stereocenters. The fraction of sp³-hybridized carbons (Fsp3) is 0.296. The number of thiophene rings is 2. The summed E-state index contributed by atoms with van der Waals surface area (Å²) in [5, 5.41) is 10.1. The maximum Gasteiger partial charge on any atom is 0.252 e. The van der Waals surface area contributed by atoms with Gasteiger partial charge in [0.15, 0.2) is 0 Å². The molecule has 0 aliphatic carbocycles. The second-order valence-corrected chi connectivity index (χ2v) is 23.8. The highest BCUT2D eigenvalue weighted by atomic mass is 32.1.